The van der Waals surface area contributed by atoms with Gasteiger partial charge >= 0.3 is 0 Å². The molecular formula is C14H20N2O. The molecule has 1 aromatic carbocycles. The van der Waals surface area contributed by atoms with Gasteiger partial charge in [0.1, 0.15) is 0 Å². The van der Waals surface area contributed by atoms with Crippen LogP contribution < -0.4 is 5.73 Å². The number of carbonyl (C=O) groups excluding carboxylic acids is 1. The van der Waals surface area contributed by atoms with Crippen molar-refractivity contribution in [1.29, 1.82) is 0 Å². The lowest BCUT2D eigenvalue weighted by atomic mass is 9.95. The van der Waals surface area contributed by atoms with Gasteiger partial charge in [-0.05, 0) is 44.1 Å². The van der Waals surface area contributed by atoms with Gasteiger partial charge in [-0.1, -0.05) is 18.2 Å². The van der Waals surface area contributed by atoms with E-state index in [1.807, 2.05) is 18.2 Å². The maximum atomic E-state index is 11.8. The lowest BCUT2D eigenvalue weighted by Gasteiger charge is -2.11. The van der Waals surface area contributed by atoms with Crippen LogP contribution in [-0.4, -0.2) is 37.4 Å². The van der Waals surface area contributed by atoms with Gasteiger partial charge in [-0.3, -0.25) is 4.79 Å². The van der Waals surface area contributed by atoms with Crippen molar-refractivity contribution in [3.05, 3.63) is 35.4 Å². The number of Topliss-reactive ketones (excluding diaryl/α,β-unsaturated/α-hetero) is 1. The number of carbonyl (C=O) groups is 1. The molecule has 1 aromatic rings. The fraction of sp³-hybridized carbons (Fsp3) is 0.500. The maximum absolute atomic E-state index is 11.8. The predicted octanol–water partition coefficient (Wildman–Crippen LogP) is 1.64. The molecule has 1 aliphatic rings. The van der Waals surface area contributed by atoms with Crippen LogP contribution in [0.2, 0.25) is 0 Å². The highest BCUT2D eigenvalue weighted by Gasteiger charge is 2.21. The number of nitrogens with zero attached hydrogens (tertiary/aromatic N) is 1. The van der Waals surface area contributed by atoms with E-state index in [1.165, 1.54) is 12.0 Å². The van der Waals surface area contributed by atoms with E-state index in [9.17, 15) is 4.79 Å². The summed E-state index contributed by atoms with van der Waals surface area (Å²) in [5.74, 6) is 0.728. The monoisotopic (exact) mass is 232 g/mol. The molecule has 0 saturated carbocycles. The lowest BCUT2D eigenvalue weighted by molar-refractivity contribution is 0.0985. The van der Waals surface area contributed by atoms with E-state index in [0.717, 1.165) is 18.7 Å². The maximum Gasteiger partial charge on any atom is 0.164 e. The van der Waals surface area contributed by atoms with Crippen LogP contribution in [0.5, 0.6) is 0 Å². The number of ketones is 1. The number of rotatable bonds is 4. The van der Waals surface area contributed by atoms with Gasteiger partial charge in [0.05, 0.1) is 0 Å². The van der Waals surface area contributed by atoms with Crippen molar-refractivity contribution in [3.8, 4) is 0 Å². The van der Waals surface area contributed by atoms with Crippen LogP contribution in [0.25, 0.3) is 0 Å². The van der Waals surface area contributed by atoms with Crippen LogP contribution in [0.15, 0.2) is 24.3 Å². The van der Waals surface area contributed by atoms with E-state index in [4.69, 9.17) is 5.73 Å². The van der Waals surface area contributed by atoms with Crippen molar-refractivity contribution in [3.63, 3.8) is 0 Å². The first kappa shape index (κ1) is 12.3. The molecule has 0 bridgehead atoms. The summed E-state index contributed by atoms with van der Waals surface area (Å²) in [4.78, 5) is 14.1. The second kappa shape index (κ2) is 5.43. The molecule has 2 rings (SSSR count). The molecule has 92 valence electrons. The molecule has 3 heteroatoms. The minimum Gasteiger partial charge on any atom is -0.330 e. The Kier molecular flexibility index (Phi) is 3.92. The topological polar surface area (TPSA) is 46.3 Å². The van der Waals surface area contributed by atoms with Crippen molar-refractivity contribution >= 4 is 5.78 Å². The average molecular weight is 232 g/mol. The third-order valence-corrected chi connectivity index (χ3v) is 3.44. The molecule has 0 amide bonds. The molecule has 1 aliphatic heterocycles. The smallest absolute Gasteiger partial charge is 0.164 e. The zero-order valence-corrected chi connectivity index (χ0v) is 10.4. The molecule has 2 N–H and O–H groups in total. The molecule has 0 radical (unpaired) electrons. The number of likely N-dealkylation sites (tertiary alicyclic amines) is 1. The van der Waals surface area contributed by atoms with Crippen molar-refractivity contribution < 1.29 is 4.79 Å². The van der Waals surface area contributed by atoms with Crippen LogP contribution in [-0.2, 0) is 0 Å². The number of nitrogens with two attached hydrogens (primary N) is 1. The Morgan fingerprint density at radius 3 is 3.00 bits per heavy atom. The van der Waals surface area contributed by atoms with Crippen molar-refractivity contribution in [2.45, 2.75) is 18.8 Å². The number of hydrogen-bond donors (Lipinski definition) is 1. The van der Waals surface area contributed by atoms with E-state index in [0.29, 0.717) is 18.9 Å². The summed E-state index contributed by atoms with van der Waals surface area (Å²) >= 11 is 0. The highest BCUT2D eigenvalue weighted by molar-refractivity contribution is 5.96. The molecular weight excluding hydrogens is 212 g/mol. The summed E-state index contributed by atoms with van der Waals surface area (Å²) < 4.78 is 0. The van der Waals surface area contributed by atoms with Gasteiger partial charge in [0.15, 0.2) is 5.78 Å². The van der Waals surface area contributed by atoms with Gasteiger partial charge in [0.25, 0.3) is 0 Å². The van der Waals surface area contributed by atoms with Crippen LogP contribution in [0, 0.1) is 0 Å². The number of likely N-dealkylation sites (N-methyl/N-ethyl adjacent to an activating group) is 1. The summed E-state index contributed by atoms with van der Waals surface area (Å²) in [6, 6.07) is 8.04. The van der Waals surface area contributed by atoms with E-state index in [2.05, 4.69) is 18.0 Å². The summed E-state index contributed by atoms with van der Waals surface area (Å²) in [6.07, 6.45) is 1.62. The van der Waals surface area contributed by atoms with Gasteiger partial charge < -0.3 is 10.6 Å². The Labute approximate surface area is 103 Å². The first-order chi connectivity index (χ1) is 8.20. The Hall–Kier alpha value is -1.19. The molecule has 0 aromatic heterocycles. The second-order valence-corrected chi connectivity index (χ2v) is 4.84. The molecule has 17 heavy (non-hydrogen) atoms. The third kappa shape index (κ3) is 2.93. The normalized spacial score (nSPS) is 20.7. The molecule has 0 spiro atoms. The van der Waals surface area contributed by atoms with Crippen molar-refractivity contribution in [2.24, 2.45) is 5.73 Å². The van der Waals surface area contributed by atoms with E-state index in [1.54, 1.807) is 0 Å². The molecule has 1 fully saturated rings. The number of hydrogen-bond acceptors (Lipinski definition) is 3. The summed E-state index contributed by atoms with van der Waals surface area (Å²) in [6.45, 7) is 2.66. The van der Waals surface area contributed by atoms with Crippen LogP contribution in [0.1, 0.15) is 34.7 Å². The highest BCUT2D eigenvalue weighted by atomic mass is 16.1. The first-order valence-corrected chi connectivity index (χ1v) is 6.22. The fourth-order valence-electron chi connectivity index (χ4n) is 2.45. The van der Waals surface area contributed by atoms with Crippen LogP contribution in [0.4, 0.5) is 0 Å². The van der Waals surface area contributed by atoms with Gasteiger partial charge in [-0.15, -0.1) is 0 Å². The summed E-state index contributed by atoms with van der Waals surface area (Å²) in [5, 5.41) is 0. The standard InChI is InChI=1S/C14H20N2O/c1-16-8-6-13(10-16)11-3-2-4-12(9-11)14(17)5-7-15/h2-4,9,13H,5-8,10,15H2,1H3. The highest BCUT2D eigenvalue weighted by Crippen LogP contribution is 2.26. The summed E-state index contributed by atoms with van der Waals surface area (Å²) in [7, 11) is 2.14. The minimum atomic E-state index is 0.153. The molecule has 0 aliphatic carbocycles. The first-order valence-electron chi connectivity index (χ1n) is 6.22. The third-order valence-electron chi connectivity index (χ3n) is 3.44. The quantitative estimate of drug-likeness (QED) is 0.803. The van der Waals surface area contributed by atoms with Gasteiger partial charge in [-0.2, -0.15) is 0 Å². The molecule has 1 unspecified atom stereocenters. The van der Waals surface area contributed by atoms with Gasteiger partial charge in [0.2, 0.25) is 0 Å². The van der Waals surface area contributed by atoms with Crippen molar-refractivity contribution in [1.82, 2.24) is 4.90 Å². The molecule has 1 heterocycles. The largest absolute Gasteiger partial charge is 0.330 e. The average Bonchev–Trinajstić information content (AvgIpc) is 2.76. The van der Waals surface area contributed by atoms with Crippen LogP contribution in [0.3, 0.4) is 0 Å². The Morgan fingerprint density at radius 2 is 2.35 bits per heavy atom. The van der Waals surface area contributed by atoms with E-state index < -0.39 is 0 Å². The Morgan fingerprint density at radius 1 is 1.53 bits per heavy atom. The van der Waals surface area contributed by atoms with Gasteiger partial charge in [0, 0.05) is 18.5 Å². The predicted molar refractivity (Wildman–Crippen MR) is 69.3 cm³/mol. The number of benzene rings is 1. The van der Waals surface area contributed by atoms with Crippen molar-refractivity contribution in [2.75, 3.05) is 26.7 Å². The van der Waals surface area contributed by atoms with Crippen LogP contribution >= 0.6 is 0 Å². The fourth-order valence-corrected chi connectivity index (χ4v) is 2.45. The molecule has 3 nitrogen and oxygen atoms in total. The summed E-state index contributed by atoms with van der Waals surface area (Å²) in [5.41, 5.74) is 7.51. The Bertz CT molecular complexity index is 403. The van der Waals surface area contributed by atoms with E-state index >= 15 is 0 Å². The van der Waals surface area contributed by atoms with Gasteiger partial charge in [-0.25, -0.2) is 0 Å². The zero-order chi connectivity index (χ0) is 12.3. The zero-order valence-electron chi connectivity index (χ0n) is 10.4. The minimum absolute atomic E-state index is 0.153. The molecule has 1 atom stereocenters. The Balaban J connectivity index is 2.14. The second-order valence-electron chi connectivity index (χ2n) is 4.84. The SMILES string of the molecule is CN1CCC(c2cccc(C(=O)CCN)c2)C1. The lowest BCUT2D eigenvalue weighted by Crippen LogP contribution is -2.13. The van der Waals surface area contributed by atoms with E-state index in [-0.39, 0.29) is 5.78 Å². The molecule has 1 saturated heterocycles.